The van der Waals surface area contributed by atoms with Crippen LogP contribution in [0.5, 0.6) is 0 Å². The Morgan fingerprint density at radius 2 is 2.06 bits per heavy atom. The van der Waals surface area contributed by atoms with Gasteiger partial charge in [-0.05, 0) is 43.7 Å². The lowest BCUT2D eigenvalue weighted by atomic mass is 9.96. The maximum atomic E-state index is 12.5. The second-order valence-electron chi connectivity index (χ2n) is 5.49. The van der Waals surface area contributed by atoms with Crippen molar-refractivity contribution in [2.45, 2.75) is 44.6 Å². The molecule has 3 rings (SSSR count). The second-order valence-corrected chi connectivity index (χ2v) is 5.49. The number of amides is 1. The summed E-state index contributed by atoms with van der Waals surface area (Å²) < 4.78 is 0. The topological polar surface area (TPSA) is 33.2 Å². The number of pyridine rings is 1. The molecule has 0 radical (unpaired) electrons. The van der Waals surface area contributed by atoms with E-state index >= 15 is 0 Å². The Hall–Kier alpha value is -1.38. The molecule has 1 aromatic heterocycles. The van der Waals surface area contributed by atoms with Crippen molar-refractivity contribution in [3.63, 3.8) is 0 Å². The first kappa shape index (κ1) is 11.7. The van der Waals surface area contributed by atoms with Crippen LogP contribution in [0.3, 0.4) is 0 Å². The highest BCUT2D eigenvalue weighted by Crippen LogP contribution is 2.35. The predicted molar refractivity (Wildman–Crippen MR) is 70.3 cm³/mol. The Balaban J connectivity index is 1.76. The summed E-state index contributed by atoms with van der Waals surface area (Å²) in [6.45, 7) is 0.925. The zero-order valence-electron chi connectivity index (χ0n) is 10.7. The minimum absolute atomic E-state index is 0.178. The molecule has 1 saturated carbocycles. The van der Waals surface area contributed by atoms with Crippen LogP contribution < -0.4 is 0 Å². The van der Waals surface area contributed by atoms with Gasteiger partial charge in [0, 0.05) is 25.0 Å². The molecule has 2 fully saturated rings. The smallest absolute Gasteiger partial charge is 0.255 e. The van der Waals surface area contributed by atoms with Gasteiger partial charge in [-0.2, -0.15) is 0 Å². The summed E-state index contributed by atoms with van der Waals surface area (Å²) in [6.07, 6.45) is 11.1. The second kappa shape index (κ2) is 5.09. The molecule has 96 valence electrons. The number of hydrogen-bond acceptors (Lipinski definition) is 2. The Bertz CT molecular complexity index is 412. The summed E-state index contributed by atoms with van der Waals surface area (Å²) in [6, 6.07) is 4.20. The first-order chi connectivity index (χ1) is 8.86. The maximum absolute atomic E-state index is 12.5. The molecule has 1 atom stereocenters. The fourth-order valence-electron chi connectivity index (χ4n) is 3.53. The van der Waals surface area contributed by atoms with Crippen molar-refractivity contribution in [1.82, 2.24) is 9.88 Å². The summed E-state index contributed by atoms with van der Waals surface area (Å²) >= 11 is 0. The molecule has 1 aromatic rings. The summed E-state index contributed by atoms with van der Waals surface area (Å²) in [5.74, 6) is 0.922. The lowest BCUT2D eigenvalue weighted by Crippen LogP contribution is -2.39. The van der Waals surface area contributed by atoms with Crippen LogP contribution in [0.4, 0.5) is 0 Å². The SMILES string of the molecule is O=C(c1cccnc1)N1CCCC1C1CCCC1. The number of hydrogen-bond donors (Lipinski definition) is 0. The average molecular weight is 244 g/mol. The van der Waals surface area contributed by atoms with Crippen molar-refractivity contribution >= 4 is 5.91 Å². The Kier molecular flexibility index (Phi) is 3.31. The normalized spacial score (nSPS) is 24.7. The first-order valence-corrected chi connectivity index (χ1v) is 7.07. The maximum Gasteiger partial charge on any atom is 0.255 e. The van der Waals surface area contributed by atoms with Crippen molar-refractivity contribution in [3.05, 3.63) is 30.1 Å². The van der Waals surface area contributed by atoms with E-state index in [-0.39, 0.29) is 5.91 Å². The summed E-state index contributed by atoms with van der Waals surface area (Å²) in [7, 11) is 0. The Morgan fingerprint density at radius 1 is 1.22 bits per heavy atom. The van der Waals surface area contributed by atoms with E-state index in [1.54, 1.807) is 12.4 Å². The molecule has 0 aromatic carbocycles. The Labute approximate surface area is 108 Å². The van der Waals surface area contributed by atoms with Crippen LogP contribution in [0.2, 0.25) is 0 Å². The van der Waals surface area contributed by atoms with Gasteiger partial charge < -0.3 is 4.90 Å². The van der Waals surface area contributed by atoms with Gasteiger partial charge >= 0.3 is 0 Å². The summed E-state index contributed by atoms with van der Waals surface area (Å²) in [5.41, 5.74) is 0.738. The summed E-state index contributed by atoms with van der Waals surface area (Å²) in [4.78, 5) is 18.7. The van der Waals surface area contributed by atoms with Crippen LogP contribution in [0.25, 0.3) is 0 Å². The van der Waals surface area contributed by atoms with Gasteiger partial charge in [-0.3, -0.25) is 9.78 Å². The van der Waals surface area contributed by atoms with Gasteiger partial charge in [-0.1, -0.05) is 12.8 Å². The van der Waals surface area contributed by atoms with E-state index in [2.05, 4.69) is 9.88 Å². The predicted octanol–water partition coefficient (Wildman–Crippen LogP) is 2.88. The number of nitrogens with zero attached hydrogens (tertiary/aromatic N) is 2. The number of aromatic nitrogens is 1. The van der Waals surface area contributed by atoms with Crippen LogP contribution >= 0.6 is 0 Å². The zero-order chi connectivity index (χ0) is 12.4. The van der Waals surface area contributed by atoms with Crippen molar-refractivity contribution in [1.29, 1.82) is 0 Å². The average Bonchev–Trinajstić information content (AvgIpc) is 3.09. The molecule has 1 amide bonds. The molecule has 18 heavy (non-hydrogen) atoms. The minimum Gasteiger partial charge on any atom is -0.335 e. The molecule has 3 nitrogen and oxygen atoms in total. The van der Waals surface area contributed by atoms with Crippen molar-refractivity contribution in [2.75, 3.05) is 6.54 Å². The monoisotopic (exact) mass is 244 g/mol. The zero-order valence-corrected chi connectivity index (χ0v) is 10.7. The van der Waals surface area contributed by atoms with Crippen LogP contribution in [0.15, 0.2) is 24.5 Å². The van der Waals surface area contributed by atoms with Gasteiger partial charge in [-0.15, -0.1) is 0 Å². The molecular weight excluding hydrogens is 224 g/mol. The largest absolute Gasteiger partial charge is 0.335 e. The highest BCUT2D eigenvalue weighted by atomic mass is 16.2. The van der Waals surface area contributed by atoms with Gasteiger partial charge in [0.05, 0.1) is 5.56 Å². The number of carbonyl (C=O) groups is 1. The molecule has 1 saturated heterocycles. The van der Waals surface area contributed by atoms with Crippen LogP contribution in [0, 0.1) is 5.92 Å². The van der Waals surface area contributed by atoms with Crippen molar-refractivity contribution in [3.8, 4) is 0 Å². The number of carbonyl (C=O) groups excluding carboxylic acids is 1. The Morgan fingerprint density at radius 3 is 2.78 bits per heavy atom. The van der Waals surface area contributed by atoms with Gasteiger partial charge in [0.2, 0.25) is 0 Å². The minimum atomic E-state index is 0.178. The van der Waals surface area contributed by atoms with E-state index in [1.165, 1.54) is 32.1 Å². The molecule has 2 aliphatic rings. The van der Waals surface area contributed by atoms with Gasteiger partial charge in [0.1, 0.15) is 0 Å². The highest BCUT2D eigenvalue weighted by Gasteiger charge is 2.36. The fourth-order valence-corrected chi connectivity index (χ4v) is 3.53. The van der Waals surface area contributed by atoms with E-state index in [0.717, 1.165) is 24.4 Å². The lowest BCUT2D eigenvalue weighted by molar-refractivity contribution is 0.0688. The van der Waals surface area contributed by atoms with Crippen molar-refractivity contribution < 1.29 is 4.79 Å². The van der Waals surface area contributed by atoms with Gasteiger partial charge in [-0.25, -0.2) is 0 Å². The quantitative estimate of drug-likeness (QED) is 0.801. The third-order valence-electron chi connectivity index (χ3n) is 4.41. The lowest BCUT2D eigenvalue weighted by Gasteiger charge is -2.29. The third kappa shape index (κ3) is 2.14. The van der Waals surface area contributed by atoms with Gasteiger partial charge in [0.15, 0.2) is 0 Å². The molecule has 3 heteroatoms. The molecule has 0 spiro atoms. The van der Waals surface area contributed by atoms with Crippen LogP contribution in [0.1, 0.15) is 48.9 Å². The van der Waals surface area contributed by atoms with Gasteiger partial charge in [0.25, 0.3) is 5.91 Å². The number of rotatable bonds is 2. The molecule has 2 heterocycles. The molecular formula is C15H20N2O. The fraction of sp³-hybridized carbons (Fsp3) is 0.600. The molecule has 0 N–H and O–H groups in total. The molecule has 1 unspecified atom stereocenters. The van der Waals surface area contributed by atoms with Crippen LogP contribution in [-0.2, 0) is 0 Å². The molecule has 0 bridgehead atoms. The first-order valence-electron chi connectivity index (χ1n) is 7.07. The van der Waals surface area contributed by atoms with E-state index in [1.807, 2.05) is 12.1 Å². The van der Waals surface area contributed by atoms with E-state index < -0.39 is 0 Å². The standard InChI is InChI=1S/C15H20N2O/c18-15(13-7-3-9-16-11-13)17-10-4-8-14(17)12-5-1-2-6-12/h3,7,9,11-12,14H,1-2,4-6,8,10H2. The molecule has 1 aliphatic heterocycles. The molecule has 1 aliphatic carbocycles. The summed E-state index contributed by atoms with van der Waals surface area (Å²) in [5, 5.41) is 0. The number of likely N-dealkylation sites (tertiary alicyclic amines) is 1. The highest BCUT2D eigenvalue weighted by molar-refractivity contribution is 5.94. The van der Waals surface area contributed by atoms with Crippen molar-refractivity contribution in [2.24, 2.45) is 5.92 Å². The van der Waals surface area contributed by atoms with E-state index in [0.29, 0.717) is 6.04 Å². The van der Waals surface area contributed by atoms with E-state index in [4.69, 9.17) is 0 Å². The van der Waals surface area contributed by atoms with Crippen LogP contribution in [-0.4, -0.2) is 28.4 Å². The third-order valence-corrected chi connectivity index (χ3v) is 4.41. The van der Waals surface area contributed by atoms with E-state index in [9.17, 15) is 4.79 Å².